The Bertz CT molecular complexity index is 519. The van der Waals surface area contributed by atoms with Crippen molar-refractivity contribution in [3.05, 3.63) is 22.5 Å². The number of β-amino-alcohol motifs (C(OH)–C–C–N with tert-alkyl or cyclic N) is 1. The van der Waals surface area contributed by atoms with Gasteiger partial charge in [-0.1, -0.05) is 0 Å². The van der Waals surface area contributed by atoms with Crippen LogP contribution in [0.2, 0.25) is 0 Å². The van der Waals surface area contributed by atoms with Crippen LogP contribution in [-0.4, -0.2) is 52.3 Å². The maximum atomic E-state index is 12.3. The van der Waals surface area contributed by atoms with E-state index in [0.717, 1.165) is 17.8 Å². The number of aromatic nitrogens is 1. The minimum absolute atomic E-state index is 0.0257. The molecule has 2 heterocycles. The Morgan fingerprint density at radius 3 is 2.58 bits per heavy atom. The number of Topliss-reactive ketones (excluding diaryl/α,β-unsaturated/α-hetero) is 2. The van der Waals surface area contributed by atoms with E-state index in [9.17, 15) is 14.7 Å². The quantitative estimate of drug-likeness (QED) is 0.798. The summed E-state index contributed by atoms with van der Waals surface area (Å²) in [5.74, 6) is -0.0518. The Kier molecular flexibility index (Phi) is 3.87. The molecule has 1 atom stereocenters. The van der Waals surface area contributed by atoms with Gasteiger partial charge in [0.05, 0.1) is 18.3 Å². The molecule has 0 amide bonds. The van der Waals surface area contributed by atoms with Crippen molar-refractivity contribution in [1.82, 2.24) is 9.88 Å². The van der Waals surface area contributed by atoms with Crippen molar-refractivity contribution in [2.45, 2.75) is 33.3 Å². The van der Waals surface area contributed by atoms with E-state index in [4.69, 9.17) is 0 Å². The fourth-order valence-electron chi connectivity index (χ4n) is 2.79. The number of aliphatic hydroxyl groups is 1. The van der Waals surface area contributed by atoms with Gasteiger partial charge in [-0.05, 0) is 32.8 Å². The molecule has 1 fully saturated rings. The van der Waals surface area contributed by atoms with Crippen molar-refractivity contribution < 1.29 is 14.7 Å². The van der Waals surface area contributed by atoms with E-state index in [0.29, 0.717) is 24.2 Å². The SMILES string of the molecule is CC(=O)c1c(C)[nH]c(C(=O)CN2CCC(O)C2)c1C. The van der Waals surface area contributed by atoms with Gasteiger partial charge in [0, 0.05) is 24.3 Å². The second kappa shape index (κ2) is 5.27. The van der Waals surface area contributed by atoms with E-state index in [2.05, 4.69) is 4.98 Å². The molecule has 19 heavy (non-hydrogen) atoms. The second-order valence-electron chi connectivity index (χ2n) is 5.28. The number of H-pyrrole nitrogens is 1. The first-order chi connectivity index (χ1) is 8.90. The Balaban J connectivity index is 2.16. The summed E-state index contributed by atoms with van der Waals surface area (Å²) in [7, 11) is 0. The standard InChI is InChI=1S/C14H20N2O3/c1-8-13(10(3)17)9(2)15-14(8)12(19)7-16-5-4-11(18)6-16/h11,15,18H,4-7H2,1-3H3. The van der Waals surface area contributed by atoms with Crippen LogP contribution in [0.1, 0.15) is 45.4 Å². The average Bonchev–Trinajstić information content (AvgIpc) is 2.82. The van der Waals surface area contributed by atoms with Crippen LogP contribution in [0.5, 0.6) is 0 Å². The maximum absolute atomic E-state index is 12.3. The first-order valence-electron chi connectivity index (χ1n) is 6.54. The van der Waals surface area contributed by atoms with E-state index < -0.39 is 0 Å². The van der Waals surface area contributed by atoms with Crippen molar-refractivity contribution >= 4 is 11.6 Å². The first-order valence-corrected chi connectivity index (χ1v) is 6.54. The van der Waals surface area contributed by atoms with Gasteiger partial charge in [-0.3, -0.25) is 14.5 Å². The molecule has 0 aromatic carbocycles. The van der Waals surface area contributed by atoms with Crippen molar-refractivity contribution in [3.8, 4) is 0 Å². The largest absolute Gasteiger partial charge is 0.392 e. The summed E-state index contributed by atoms with van der Waals surface area (Å²) in [6, 6.07) is 0. The molecule has 5 heteroatoms. The Morgan fingerprint density at radius 2 is 2.11 bits per heavy atom. The lowest BCUT2D eigenvalue weighted by atomic mass is 10.1. The molecular weight excluding hydrogens is 244 g/mol. The highest BCUT2D eigenvalue weighted by atomic mass is 16.3. The smallest absolute Gasteiger partial charge is 0.193 e. The lowest BCUT2D eigenvalue weighted by molar-refractivity contribution is 0.0929. The molecule has 2 N–H and O–H groups in total. The van der Waals surface area contributed by atoms with Crippen LogP contribution >= 0.6 is 0 Å². The Morgan fingerprint density at radius 1 is 1.42 bits per heavy atom. The number of carbonyl (C=O) groups is 2. The van der Waals surface area contributed by atoms with Gasteiger partial charge >= 0.3 is 0 Å². The van der Waals surface area contributed by atoms with E-state index in [1.807, 2.05) is 4.90 Å². The molecule has 2 rings (SSSR count). The van der Waals surface area contributed by atoms with Crippen LogP contribution in [0.25, 0.3) is 0 Å². The number of rotatable bonds is 4. The third-order valence-corrected chi connectivity index (χ3v) is 3.68. The van der Waals surface area contributed by atoms with Gasteiger partial charge in [-0.15, -0.1) is 0 Å². The van der Waals surface area contributed by atoms with Crippen LogP contribution in [0.3, 0.4) is 0 Å². The van der Waals surface area contributed by atoms with Crippen molar-refractivity contribution in [2.75, 3.05) is 19.6 Å². The molecule has 0 saturated carbocycles. The maximum Gasteiger partial charge on any atom is 0.193 e. The number of ketones is 2. The molecule has 0 bridgehead atoms. The number of aromatic amines is 1. The van der Waals surface area contributed by atoms with Crippen LogP contribution in [0.4, 0.5) is 0 Å². The average molecular weight is 264 g/mol. The van der Waals surface area contributed by atoms with Crippen molar-refractivity contribution in [3.63, 3.8) is 0 Å². The van der Waals surface area contributed by atoms with E-state index in [-0.39, 0.29) is 24.2 Å². The number of nitrogens with one attached hydrogen (secondary N) is 1. The van der Waals surface area contributed by atoms with Crippen molar-refractivity contribution in [2.24, 2.45) is 0 Å². The molecule has 1 aliphatic heterocycles. The number of nitrogens with zero attached hydrogens (tertiary/aromatic N) is 1. The van der Waals surface area contributed by atoms with Crippen LogP contribution in [0, 0.1) is 13.8 Å². The predicted octanol–water partition coefficient (Wildman–Crippen LogP) is 1.08. The number of hydrogen-bond acceptors (Lipinski definition) is 4. The highest BCUT2D eigenvalue weighted by Crippen LogP contribution is 2.19. The monoisotopic (exact) mass is 264 g/mol. The van der Waals surface area contributed by atoms with Gasteiger partial charge < -0.3 is 10.1 Å². The lowest BCUT2D eigenvalue weighted by Crippen LogP contribution is -2.29. The van der Waals surface area contributed by atoms with Crippen LogP contribution in [-0.2, 0) is 0 Å². The molecular formula is C14H20N2O3. The van der Waals surface area contributed by atoms with Gasteiger partial charge in [-0.25, -0.2) is 0 Å². The number of hydrogen-bond donors (Lipinski definition) is 2. The fourth-order valence-corrected chi connectivity index (χ4v) is 2.79. The Labute approximate surface area is 112 Å². The molecule has 1 saturated heterocycles. The summed E-state index contributed by atoms with van der Waals surface area (Å²) >= 11 is 0. The lowest BCUT2D eigenvalue weighted by Gasteiger charge is -2.13. The summed E-state index contributed by atoms with van der Waals surface area (Å²) in [5.41, 5.74) is 2.61. The van der Waals surface area contributed by atoms with Gasteiger partial charge in [0.2, 0.25) is 0 Å². The summed E-state index contributed by atoms with van der Waals surface area (Å²) in [4.78, 5) is 28.7. The molecule has 1 aromatic rings. The minimum atomic E-state index is -0.327. The third kappa shape index (κ3) is 2.77. The molecule has 0 aliphatic carbocycles. The predicted molar refractivity (Wildman–Crippen MR) is 71.7 cm³/mol. The normalized spacial score (nSPS) is 19.9. The molecule has 5 nitrogen and oxygen atoms in total. The third-order valence-electron chi connectivity index (χ3n) is 3.68. The van der Waals surface area contributed by atoms with E-state index in [1.54, 1.807) is 13.8 Å². The summed E-state index contributed by atoms with van der Waals surface area (Å²) in [6.45, 7) is 6.69. The number of carbonyl (C=O) groups excluding carboxylic acids is 2. The first kappa shape index (κ1) is 14.0. The van der Waals surface area contributed by atoms with E-state index >= 15 is 0 Å². The highest BCUT2D eigenvalue weighted by Gasteiger charge is 2.25. The van der Waals surface area contributed by atoms with Gasteiger partial charge in [-0.2, -0.15) is 0 Å². The zero-order valence-electron chi connectivity index (χ0n) is 11.6. The minimum Gasteiger partial charge on any atom is -0.392 e. The molecule has 1 unspecified atom stereocenters. The highest BCUT2D eigenvalue weighted by molar-refractivity contribution is 6.03. The van der Waals surface area contributed by atoms with Crippen LogP contribution in [0.15, 0.2) is 0 Å². The summed E-state index contributed by atoms with van der Waals surface area (Å²) < 4.78 is 0. The number of likely N-dealkylation sites (tertiary alicyclic amines) is 1. The summed E-state index contributed by atoms with van der Waals surface area (Å²) in [5, 5.41) is 9.45. The van der Waals surface area contributed by atoms with Gasteiger partial charge in [0.15, 0.2) is 11.6 Å². The molecule has 104 valence electrons. The van der Waals surface area contributed by atoms with Gasteiger partial charge in [0.1, 0.15) is 0 Å². The zero-order chi connectivity index (χ0) is 14.2. The Hall–Kier alpha value is -1.46. The second-order valence-corrected chi connectivity index (χ2v) is 5.28. The van der Waals surface area contributed by atoms with Crippen molar-refractivity contribution in [1.29, 1.82) is 0 Å². The number of aryl methyl sites for hydroxylation is 1. The molecule has 1 aliphatic rings. The number of aliphatic hydroxyl groups excluding tert-OH is 1. The van der Waals surface area contributed by atoms with Crippen LogP contribution < -0.4 is 0 Å². The topological polar surface area (TPSA) is 73.4 Å². The zero-order valence-corrected chi connectivity index (χ0v) is 11.6. The van der Waals surface area contributed by atoms with Gasteiger partial charge in [0.25, 0.3) is 0 Å². The fraction of sp³-hybridized carbons (Fsp3) is 0.571. The molecule has 0 radical (unpaired) electrons. The summed E-state index contributed by atoms with van der Waals surface area (Å²) in [6.07, 6.45) is 0.390. The molecule has 1 aromatic heterocycles. The molecule has 0 spiro atoms. The van der Waals surface area contributed by atoms with E-state index in [1.165, 1.54) is 6.92 Å².